The Kier molecular flexibility index (Phi) is 4.82. The molecule has 0 bridgehead atoms. The zero-order chi connectivity index (χ0) is 13.8. The van der Waals surface area contributed by atoms with Crippen molar-refractivity contribution in [2.45, 2.75) is 12.5 Å². The largest absolute Gasteiger partial charge is 0.468 e. The van der Waals surface area contributed by atoms with Gasteiger partial charge in [-0.05, 0) is 0 Å². The van der Waals surface area contributed by atoms with Gasteiger partial charge < -0.3 is 9.72 Å². The summed E-state index contributed by atoms with van der Waals surface area (Å²) < 4.78 is 31.1. The summed E-state index contributed by atoms with van der Waals surface area (Å²) >= 11 is 0. The van der Waals surface area contributed by atoms with E-state index in [9.17, 15) is 13.2 Å². The molecular formula is C9H16N4O4S. The van der Waals surface area contributed by atoms with Gasteiger partial charge in [0.15, 0.2) is 0 Å². The molecule has 1 atom stereocenters. The number of nitrogens with one attached hydrogen (secondary N) is 2. The summed E-state index contributed by atoms with van der Waals surface area (Å²) in [5.74, 6) is -0.657. The minimum Gasteiger partial charge on any atom is -0.468 e. The van der Waals surface area contributed by atoms with Gasteiger partial charge in [0.25, 0.3) is 10.2 Å². The molecule has 1 aromatic heterocycles. The maximum atomic E-state index is 11.7. The summed E-state index contributed by atoms with van der Waals surface area (Å²) in [5, 5.41) is 0. The van der Waals surface area contributed by atoms with Gasteiger partial charge >= 0.3 is 5.97 Å². The Bertz CT molecular complexity index is 483. The Hall–Kier alpha value is -1.45. The van der Waals surface area contributed by atoms with Crippen molar-refractivity contribution in [3.63, 3.8) is 0 Å². The third-order valence-corrected chi connectivity index (χ3v) is 3.78. The molecule has 1 heterocycles. The molecule has 0 amide bonds. The first kappa shape index (κ1) is 14.6. The van der Waals surface area contributed by atoms with E-state index in [2.05, 4.69) is 19.4 Å². The quantitative estimate of drug-likeness (QED) is 0.641. The summed E-state index contributed by atoms with van der Waals surface area (Å²) in [7, 11) is 0.229. The first-order valence-corrected chi connectivity index (χ1v) is 6.55. The Labute approximate surface area is 106 Å². The number of imidazole rings is 1. The molecule has 102 valence electrons. The smallest absolute Gasteiger partial charge is 0.324 e. The summed E-state index contributed by atoms with van der Waals surface area (Å²) in [6, 6.07) is -0.997. The Morgan fingerprint density at radius 3 is 2.72 bits per heavy atom. The fourth-order valence-electron chi connectivity index (χ4n) is 1.22. The van der Waals surface area contributed by atoms with Crippen LogP contribution in [0.25, 0.3) is 0 Å². The number of ether oxygens (including phenoxy) is 1. The molecule has 1 rings (SSSR count). The fraction of sp³-hybridized carbons (Fsp3) is 0.556. The molecule has 0 fully saturated rings. The van der Waals surface area contributed by atoms with Crippen molar-refractivity contribution in [3.05, 3.63) is 18.2 Å². The highest BCUT2D eigenvalue weighted by Gasteiger charge is 2.27. The van der Waals surface area contributed by atoms with Crippen molar-refractivity contribution in [2.75, 3.05) is 21.2 Å². The number of H-pyrrole nitrogens is 1. The van der Waals surface area contributed by atoms with Gasteiger partial charge in [-0.2, -0.15) is 17.4 Å². The second kappa shape index (κ2) is 5.94. The maximum Gasteiger partial charge on any atom is 0.324 e. The minimum atomic E-state index is -3.71. The molecule has 0 aliphatic rings. The monoisotopic (exact) mass is 276 g/mol. The Balaban J connectivity index is 2.83. The number of carbonyl (C=O) groups is 1. The summed E-state index contributed by atoms with van der Waals surface area (Å²) in [5.41, 5.74) is 0.631. The van der Waals surface area contributed by atoms with Crippen LogP contribution in [-0.4, -0.2) is 55.9 Å². The molecule has 2 N–H and O–H groups in total. The van der Waals surface area contributed by atoms with E-state index in [1.807, 2.05) is 0 Å². The van der Waals surface area contributed by atoms with Crippen molar-refractivity contribution < 1.29 is 17.9 Å². The van der Waals surface area contributed by atoms with Gasteiger partial charge in [0.1, 0.15) is 6.04 Å². The number of nitrogens with zero attached hydrogens (tertiary/aromatic N) is 2. The molecule has 1 aromatic rings. The lowest BCUT2D eigenvalue weighted by molar-refractivity contribution is -0.142. The van der Waals surface area contributed by atoms with Crippen molar-refractivity contribution >= 4 is 16.2 Å². The molecule has 0 aliphatic heterocycles. The molecule has 18 heavy (non-hydrogen) atoms. The number of hydrogen-bond donors (Lipinski definition) is 2. The SMILES string of the molecule is COC(=O)[C@H](Cc1cnc[nH]1)NS(=O)(=O)N(C)C. The second-order valence-electron chi connectivity index (χ2n) is 3.76. The Morgan fingerprint density at radius 1 is 1.61 bits per heavy atom. The van der Waals surface area contributed by atoms with Crippen LogP contribution in [0.4, 0.5) is 0 Å². The number of esters is 1. The highest BCUT2D eigenvalue weighted by molar-refractivity contribution is 7.87. The van der Waals surface area contributed by atoms with Crippen LogP contribution in [0, 0.1) is 0 Å². The van der Waals surface area contributed by atoms with Crippen LogP contribution >= 0.6 is 0 Å². The normalized spacial score (nSPS) is 13.6. The van der Waals surface area contributed by atoms with Gasteiger partial charge in [-0.1, -0.05) is 0 Å². The van der Waals surface area contributed by atoms with Crippen LogP contribution < -0.4 is 4.72 Å². The van der Waals surface area contributed by atoms with E-state index in [4.69, 9.17) is 0 Å². The number of rotatable bonds is 6. The Morgan fingerprint density at radius 2 is 2.28 bits per heavy atom. The van der Waals surface area contributed by atoms with Crippen molar-refractivity contribution in [1.82, 2.24) is 19.0 Å². The van der Waals surface area contributed by atoms with E-state index in [0.717, 1.165) is 4.31 Å². The molecule has 0 radical (unpaired) electrons. The highest BCUT2D eigenvalue weighted by Crippen LogP contribution is 2.03. The van der Waals surface area contributed by atoms with E-state index >= 15 is 0 Å². The van der Waals surface area contributed by atoms with Gasteiger partial charge in [0.2, 0.25) is 0 Å². The number of aromatic amines is 1. The zero-order valence-corrected chi connectivity index (χ0v) is 11.2. The van der Waals surface area contributed by atoms with E-state index in [0.29, 0.717) is 5.69 Å². The van der Waals surface area contributed by atoms with E-state index in [1.54, 1.807) is 0 Å². The molecule has 0 spiro atoms. The van der Waals surface area contributed by atoms with Crippen LogP contribution in [0.2, 0.25) is 0 Å². The predicted molar refractivity (Wildman–Crippen MR) is 63.8 cm³/mol. The number of methoxy groups -OCH3 is 1. The summed E-state index contributed by atoms with van der Waals surface area (Å²) in [6.45, 7) is 0. The van der Waals surface area contributed by atoms with Crippen LogP contribution in [-0.2, 0) is 26.2 Å². The molecule has 0 saturated heterocycles. The highest BCUT2D eigenvalue weighted by atomic mass is 32.2. The average molecular weight is 276 g/mol. The molecule has 8 nitrogen and oxygen atoms in total. The maximum absolute atomic E-state index is 11.7. The zero-order valence-electron chi connectivity index (χ0n) is 10.4. The molecule has 9 heteroatoms. The van der Waals surface area contributed by atoms with Gasteiger partial charge in [-0.3, -0.25) is 4.79 Å². The lowest BCUT2D eigenvalue weighted by Gasteiger charge is -2.18. The van der Waals surface area contributed by atoms with Crippen LogP contribution in [0.5, 0.6) is 0 Å². The molecular weight excluding hydrogens is 260 g/mol. The van der Waals surface area contributed by atoms with Gasteiger partial charge in [-0.25, -0.2) is 4.98 Å². The van der Waals surface area contributed by atoms with Crippen molar-refractivity contribution in [3.8, 4) is 0 Å². The lowest BCUT2D eigenvalue weighted by Crippen LogP contribution is -2.47. The number of aromatic nitrogens is 2. The van der Waals surface area contributed by atoms with Crippen LogP contribution in [0.1, 0.15) is 5.69 Å². The standard InChI is InChI=1S/C9H16N4O4S/c1-13(2)18(15,16)12-8(9(14)17-3)4-7-5-10-6-11-7/h5-6,8,12H,4H2,1-3H3,(H,10,11)/t8-/m0/s1. The minimum absolute atomic E-state index is 0.139. The molecule has 0 unspecified atom stereocenters. The number of hydrogen-bond acceptors (Lipinski definition) is 5. The van der Waals surface area contributed by atoms with Crippen LogP contribution in [0.15, 0.2) is 12.5 Å². The van der Waals surface area contributed by atoms with E-state index in [1.165, 1.54) is 33.7 Å². The summed E-state index contributed by atoms with van der Waals surface area (Å²) in [6.07, 6.45) is 3.10. The molecule has 0 aliphatic carbocycles. The van der Waals surface area contributed by atoms with E-state index in [-0.39, 0.29) is 6.42 Å². The second-order valence-corrected chi connectivity index (χ2v) is 5.68. The predicted octanol–water partition coefficient (Wildman–Crippen LogP) is -1.11. The van der Waals surface area contributed by atoms with E-state index < -0.39 is 22.2 Å². The first-order valence-electron chi connectivity index (χ1n) is 5.11. The van der Waals surface area contributed by atoms with Crippen LogP contribution in [0.3, 0.4) is 0 Å². The average Bonchev–Trinajstić information content (AvgIpc) is 2.79. The summed E-state index contributed by atoms with van der Waals surface area (Å²) in [4.78, 5) is 18.1. The van der Waals surface area contributed by atoms with Gasteiger partial charge in [0.05, 0.1) is 13.4 Å². The van der Waals surface area contributed by atoms with Gasteiger partial charge in [-0.15, -0.1) is 0 Å². The molecule has 0 saturated carbocycles. The fourth-order valence-corrected chi connectivity index (χ4v) is 1.97. The third-order valence-electron chi connectivity index (χ3n) is 2.24. The third kappa shape index (κ3) is 3.79. The van der Waals surface area contributed by atoms with Crippen molar-refractivity contribution in [1.29, 1.82) is 0 Å². The topological polar surface area (TPSA) is 104 Å². The molecule has 0 aromatic carbocycles. The number of carbonyl (C=O) groups excluding carboxylic acids is 1. The first-order chi connectivity index (χ1) is 8.36. The van der Waals surface area contributed by atoms with Crippen molar-refractivity contribution in [2.24, 2.45) is 0 Å². The van der Waals surface area contributed by atoms with Gasteiger partial charge in [0, 0.05) is 32.4 Å². The lowest BCUT2D eigenvalue weighted by atomic mass is 10.2.